The highest BCUT2D eigenvalue weighted by Crippen LogP contribution is 2.26. The van der Waals surface area contributed by atoms with E-state index in [1.807, 2.05) is 81.6 Å². The monoisotopic (exact) mass is 411 g/mol. The van der Waals surface area contributed by atoms with Gasteiger partial charge in [-0.1, -0.05) is 31.2 Å². The van der Waals surface area contributed by atoms with Crippen molar-refractivity contribution in [2.45, 2.75) is 32.7 Å². The van der Waals surface area contributed by atoms with Crippen molar-refractivity contribution >= 4 is 22.7 Å². The van der Waals surface area contributed by atoms with Gasteiger partial charge in [-0.3, -0.25) is 19.1 Å². The summed E-state index contributed by atoms with van der Waals surface area (Å²) < 4.78 is 1.69. The zero-order valence-corrected chi connectivity index (χ0v) is 17.9. The van der Waals surface area contributed by atoms with Gasteiger partial charge in [0.2, 0.25) is 5.91 Å². The summed E-state index contributed by atoms with van der Waals surface area (Å²) in [5, 5.41) is 4.09. The molecule has 0 unspecified atom stereocenters. The highest BCUT2D eigenvalue weighted by Gasteiger charge is 2.23. The van der Waals surface area contributed by atoms with Gasteiger partial charge in [-0.15, -0.1) is 0 Å². The zero-order valence-electron chi connectivity index (χ0n) is 17.9. The van der Waals surface area contributed by atoms with Gasteiger partial charge < -0.3 is 5.32 Å². The Labute approximate surface area is 181 Å². The fourth-order valence-electron chi connectivity index (χ4n) is 3.68. The summed E-state index contributed by atoms with van der Waals surface area (Å²) in [7, 11) is 0. The second kappa shape index (κ2) is 8.19. The van der Waals surface area contributed by atoms with Crippen LogP contribution in [0.25, 0.3) is 22.0 Å². The Kier molecular flexibility index (Phi) is 5.42. The first-order chi connectivity index (χ1) is 14.9. The maximum absolute atomic E-state index is 12.8. The molecular weight excluding hydrogens is 386 g/mol. The Bertz CT molecular complexity index is 1240. The second-order valence-corrected chi connectivity index (χ2v) is 8.10. The van der Waals surface area contributed by atoms with Crippen molar-refractivity contribution in [2.24, 2.45) is 0 Å². The number of aromatic nitrogens is 2. The third-order valence-electron chi connectivity index (χ3n) is 5.55. The molecule has 0 spiro atoms. The van der Waals surface area contributed by atoms with Crippen LogP contribution in [0.15, 0.2) is 79.3 Å². The molecule has 1 N–H and O–H groups in total. The van der Waals surface area contributed by atoms with Gasteiger partial charge in [0.1, 0.15) is 0 Å². The number of hydrogen-bond donors (Lipinski definition) is 1. The first-order valence-electron chi connectivity index (χ1n) is 10.4. The van der Waals surface area contributed by atoms with Crippen molar-refractivity contribution in [1.82, 2.24) is 14.9 Å². The largest absolute Gasteiger partial charge is 0.343 e. The van der Waals surface area contributed by atoms with Crippen LogP contribution in [0.1, 0.15) is 47.9 Å². The van der Waals surface area contributed by atoms with Gasteiger partial charge in [0.05, 0.1) is 11.1 Å². The van der Waals surface area contributed by atoms with E-state index < -0.39 is 5.54 Å². The molecule has 2 aromatic heterocycles. The quantitative estimate of drug-likeness (QED) is 0.477. The smallest absolute Gasteiger partial charge is 0.251 e. The van der Waals surface area contributed by atoms with E-state index in [0.717, 1.165) is 27.6 Å². The number of fused-ring (bicyclic) bond motifs is 1. The van der Waals surface area contributed by atoms with Crippen LogP contribution in [-0.4, -0.2) is 21.4 Å². The molecular formula is C26H25N3O2. The summed E-state index contributed by atoms with van der Waals surface area (Å²) in [6, 6.07) is 19.4. The van der Waals surface area contributed by atoms with Crippen LogP contribution in [0.5, 0.6) is 0 Å². The number of benzene rings is 2. The molecule has 5 heteroatoms. The van der Waals surface area contributed by atoms with Gasteiger partial charge in [0.15, 0.2) is 0 Å². The number of nitrogens with one attached hydrogen (secondary N) is 1. The van der Waals surface area contributed by atoms with E-state index in [2.05, 4.69) is 16.4 Å². The van der Waals surface area contributed by atoms with E-state index in [-0.39, 0.29) is 11.8 Å². The van der Waals surface area contributed by atoms with Gasteiger partial charge in [0, 0.05) is 36.0 Å². The molecule has 2 heterocycles. The first-order valence-corrected chi connectivity index (χ1v) is 10.4. The van der Waals surface area contributed by atoms with E-state index in [1.54, 1.807) is 17.0 Å². The normalized spacial score (nSPS) is 11.5. The molecule has 4 rings (SSSR count). The number of nitrogens with zero attached hydrogens (tertiary/aromatic N) is 2. The van der Waals surface area contributed by atoms with Crippen LogP contribution in [0, 0.1) is 0 Å². The van der Waals surface area contributed by atoms with Crippen molar-refractivity contribution < 1.29 is 9.59 Å². The van der Waals surface area contributed by atoms with Crippen LogP contribution >= 0.6 is 0 Å². The van der Waals surface area contributed by atoms with Gasteiger partial charge >= 0.3 is 0 Å². The van der Waals surface area contributed by atoms with E-state index in [0.29, 0.717) is 12.0 Å². The summed E-state index contributed by atoms with van der Waals surface area (Å²) in [6.45, 7) is 5.78. The van der Waals surface area contributed by atoms with Crippen LogP contribution in [0.2, 0.25) is 0 Å². The third-order valence-corrected chi connectivity index (χ3v) is 5.55. The number of hydrogen-bond acceptors (Lipinski definition) is 3. The van der Waals surface area contributed by atoms with Crippen molar-refractivity contribution in [3.05, 3.63) is 90.4 Å². The highest BCUT2D eigenvalue weighted by molar-refractivity contribution is 5.96. The lowest BCUT2D eigenvalue weighted by atomic mass is 9.95. The average Bonchev–Trinajstić information content (AvgIpc) is 3.22. The van der Waals surface area contributed by atoms with Gasteiger partial charge in [0.25, 0.3) is 5.91 Å². The minimum atomic E-state index is -0.530. The van der Waals surface area contributed by atoms with Crippen molar-refractivity contribution in [3.63, 3.8) is 0 Å². The van der Waals surface area contributed by atoms with E-state index in [9.17, 15) is 9.59 Å². The minimum absolute atomic E-state index is 0.0762. The maximum atomic E-state index is 12.8. The molecule has 156 valence electrons. The summed E-state index contributed by atoms with van der Waals surface area (Å²) >= 11 is 0. The predicted molar refractivity (Wildman–Crippen MR) is 123 cm³/mol. The van der Waals surface area contributed by atoms with Gasteiger partial charge in [-0.2, -0.15) is 0 Å². The van der Waals surface area contributed by atoms with Crippen LogP contribution < -0.4 is 5.32 Å². The Morgan fingerprint density at radius 2 is 1.74 bits per heavy atom. The van der Waals surface area contributed by atoms with Crippen molar-refractivity contribution in [3.8, 4) is 11.1 Å². The Hall–Kier alpha value is -3.73. The molecule has 0 bridgehead atoms. The van der Waals surface area contributed by atoms with Crippen molar-refractivity contribution in [2.75, 3.05) is 0 Å². The number of amides is 1. The van der Waals surface area contributed by atoms with Crippen LogP contribution in [0.4, 0.5) is 0 Å². The molecule has 0 atom stereocenters. The Morgan fingerprint density at radius 3 is 2.42 bits per heavy atom. The summed E-state index contributed by atoms with van der Waals surface area (Å²) in [5.74, 6) is -0.0571. The first kappa shape index (κ1) is 20.5. The summed E-state index contributed by atoms with van der Waals surface area (Å²) in [6.07, 6.45) is 5.76. The standard InChI is InChI=1S/C26H25N3O2/c1-4-24(30)29-15-13-21-16-20(11-12-23(21)29)18-7-9-19(10-8-18)25(31)28-26(2,3)22-6-5-14-27-17-22/h5-17H,4H2,1-3H3,(H,28,31). The lowest BCUT2D eigenvalue weighted by Gasteiger charge is -2.26. The molecule has 0 fully saturated rings. The lowest BCUT2D eigenvalue weighted by Crippen LogP contribution is -2.41. The molecule has 2 aromatic carbocycles. The van der Waals surface area contributed by atoms with Gasteiger partial charge in [-0.05, 0) is 66.9 Å². The number of carbonyl (C=O) groups is 2. The van der Waals surface area contributed by atoms with Crippen LogP contribution in [0.3, 0.4) is 0 Å². The van der Waals surface area contributed by atoms with Crippen molar-refractivity contribution in [1.29, 1.82) is 0 Å². The zero-order chi connectivity index (χ0) is 22.0. The molecule has 5 nitrogen and oxygen atoms in total. The minimum Gasteiger partial charge on any atom is -0.343 e. The fourth-order valence-corrected chi connectivity index (χ4v) is 3.68. The Balaban J connectivity index is 1.54. The van der Waals surface area contributed by atoms with Crippen LogP contribution in [-0.2, 0) is 5.54 Å². The number of pyridine rings is 1. The predicted octanol–water partition coefficient (Wildman–Crippen LogP) is 5.42. The molecule has 4 aromatic rings. The summed E-state index contributed by atoms with van der Waals surface area (Å²) in [5.41, 5.74) is 3.97. The molecule has 0 aliphatic carbocycles. The summed E-state index contributed by atoms with van der Waals surface area (Å²) in [4.78, 5) is 29.0. The molecule has 0 saturated heterocycles. The Morgan fingerprint density at radius 1 is 1.00 bits per heavy atom. The molecule has 0 aliphatic rings. The van der Waals surface area contributed by atoms with E-state index >= 15 is 0 Å². The van der Waals surface area contributed by atoms with Gasteiger partial charge in [-0.25, -0.2) is 0 Å². The molecule has 31 heavy (non-hydrogen) atoms. The molecule has 0 aliphatic heterocycles. The molecule has 0 radical (unpaired) electrons. The third kappa shape index (κ3) is 4.12. The fraction of sp³-hybridized carbons (Fsp3) is 0.192. The van der Waals surface area contributed by atoms with E-state index in [1.165, 1.54) is 0 Å². The second-order valence-electron chi connectivity index (χ2n) is 8.10. The lowest BCUT2D eigenvalue weighted by molar-refractivity contribution is 0.0904. The number of rotatable bonds is 5. The molecule has 0 saturated carbocycles. The topological polar surface area (TPSA) is 64.0 Å². The average molecular weight is 412 g/mol. The maximum Gasteiger partial charge on any atom is 0.251 e. The molecule has 1 amide bonds. The SMILES string of the molecule is CCC(=O)n1ccc2cc(-c3ccc(C(=O)NC(C)(C)c4cccnc4)cc3)ccc21. The highest BCUT2D eigenvalue weighted by atomic mass is 16.2. The van der Waals surface area contributed by atoms with E-state index in [4.69, 9.17) is 0 Å². The number of carbonyl (C=O) groups excluding carboxylic acids is 2.